The highest BCUT2D eigenvalue weighted by Crippen LogP contribution is 2.16. The Morgan fingerprint density at radius 2 is 2.13 bits per heavy atom. The smallest absolute Gasteiger partial charge is 0.128 e. The lowest BCUT2D eigenvalue weighted by atomic mass is 10.2. The van der Waals surface area contributed by atoms with Crippen LogP contribution in [-0.4, -0.2) is 18.0 Å². The van der Waals surface area contributed by atoms with Crippen LogP contribution in [0.3, 0.4) is 0 Å². The number of hydrogen-bond donors (Lipinski definition) is 1. The van der Waals surface area contributed by atoms with Crippen LogP contribution in [0.1, 0.15) is 5.56 Å². The highest BCUT2D eigenvalue weighted by atomic mass is 35.5. The molecule has 0 aliphatic heterocycles. The Morgan fingerprint density at radius 3 is 2.80 bits per heavy atom. The lowest BCUT2D eigenvalue weighted by Gasteiger charge is -2.05. The zero-order valence-electron chi connectivity index (χ0n) is 7.73. The lowest BCUT2D eigenvalue weighted by Crippen LogP contribution is -1.97. The van der Waals surface area contributed by atoms with E-state index in [4.69, 9.17) is 33.1 Å². The molecule has 1 rings (SSSR count). The summed E-state index contributed by atoms with van der Waals surface area (Å²) in [6.07, 6.45) is 2.82. The van der Waals surface area contributed by atoms with Crippen molar-refractivity contribution in [3.63, 3.8) is 0 Å². The molecule has 1 N–H and O–H groups in total. The molecule has 0 aromatic heterocycles. The van der Waals surface area contributed by atoms with E-state index < -0.39 is 0 Å². The molecule has 5 heteroatoms. The summed E-state index contributed by atoms with van der Waals surface area (Å²) in [7, 11) is 0. The van der Waals surface area contributed by atoms with Crippen LogP contribution >= 0.6 is 23.2 Å². The number of ether oxygens (including phenoxy) is 1. The molecule has 0 atom stereocenters. The molecule has 0 spiro atoms. The molecule has 0 amide bonds. The van der Waals surface area contributed by atoms with Gasteiger partial charge in [-0.2, -0.15) is 0 Å². The minimum atomic E-state index is 0.156. The normalized spacial score (nSPS) is 10.3. The van der Waals surface area contributed by atoms with E-state index in [1.807, 2.05) is 12.1 Å². The van der Waals surface area contributed by atoms with Crippen molar-refractivity contribution in [2.75, 3.05) is 6.61 Å². The van der Waals surface area contributed by atoms with E-state index in [2.05, 4.69) is 5.16 Å². The summed E-state index contributed by atoms with van der Waals surface area (Å²) in [5, 5.41) is 11.4. The fourth-order valence-corrected chi connectivity index (χ4v) is 1.10. The Balaban J connectivity index is 2.71. The predicted octanol–water partition coefficient (Wildman–Crippen LogP) is 3.19. The summed E-state index contributed by atoms with van der Waals surface area (Å²) in [6, 6.07) is 7.15. The average molecular weight is 246 g/mol. The maximum atomic E-state index is 8.42. The van der Waals surface area contributed by atoms with Gasteiger partial charge in [-0.05, 0) is 18.2 Å². The number of nitrogens with zero attached hydrogens (tertiary/aromatic N) is 1. The summed E-state index contributed by atoms with van der Waals surface area (Å²) in [6.45, 7) is 0.263. The van der Waals surface area contributed by atoms with Crippen molar-refractivity contribution in [2.24, 2.45) is 5.16 Å². The minimum absolute atomic E-state index is 0.156. The Hall–Kier alpha value is -1.19. The molecule has 15 heavy (non-hydrogen) atoms. The van der Waals surface area contributed by atoms with Crippen molar-refractivity contribution in [1.29, 1.82) is 0 Å². The van der Waals surface area contributed by atoms with Gasteiger partial charge in [-0.1, -0.05) is 40.5 Å². The van der Waals surface area contributed by atoms with Gasteiger partial charge in [-0.25, -0.2) is 0 Å². The third-order valence-electron chi connectivity index (χ3n) is 1.59. The van der Waals surface area contributed by atoms with Crippen LogP contribution in [0.2, 0.25) is 0 Å². The van der Waals surface area contributed by atoms with Crippen LogP contribution in [0.4, 0.5) is 0 Å². The molecule has 3 nitrogen and oxygen atoms in total. The molecule has 0 bridgehead atoms. The van der Waals surface area contributed by atoms with Crippen LogP contribution < -0.4 is 4.74 Å². The van der Waals surface area contributed by atoms with Crippen molar-refractivity contribution in [1.82, 2.24) is 0 Å². The van der Waals surface area contributed by atoms with Gasteiger partial charge < -0.3 is 9.94 Å². The van der Waals surface area contributed by atoms with E-state index in [9.17, 15) is 0 Å². The van der Waals surface area contributed by atoms with E-state index in [-0.39, 0.29) is 11.1 Å². The lowest BCUT2D eigenvalue weighted by molar-refractivity contribution is 0.321. The number of halogens is 2. The zero-order valence-corrected chi connectivity index (χ0v) is 9.24. The first kappa shape index (κ1) is 11.9. The first-order chi connectivity index (χ1) is 7.24. The van der Waals surface area contributed by atoms with Crippen molar-refractivity contribution < 1.29 is 9.94 Å². The highest BCUT2D eigenvalue weighted by Gasteiger charge is 1.99. The second-order valence-corrected chi connectivity index (χ2v) is 3.60. The van der Waals surface area contributed by atoms with Gasteiger partial charge >= 0.3 is 0 Å². The minimum Gasteiger partial charge on any atom is -0.489 e. The number of benzene rings is 1. The summed E-state index contributed by atoms with van der Waals surface area (Å²) >= 11 is 10.9. The van der Waals surface area contributed by atoms with Gasteiger partial charge in [-0.3, -0.25) is 0 Å². The fourth-order valence-electron chi connectivity index (χ4n) is 0.975. The quantitative estimate of drug-likeness (QED) is 0.503. The number of hydrogen-bond acceptors (Lipinski definition) is 3. The Morgan fingerprint density at radius 1 is 1.40 bits per heavy atom. The van der Waals surface area contributed by atoms with Crippen molar-refractivity contribution >= 4 is 29.4 Å². The molecule has 0 fully saturated rings. The van der Waals surface area contributed by atoms with Gasteiger partial charge in [0, 0.05) is 5.56 Å². The van der Waals surface area contributed by atoms with Gasteiger partial charge in [-0.15, -0.1) is 0 Å². The second kappa shape index (κ2) is 6.32. The zero-order chi connectivity index (χ0) is 11.1. The average Bonchev–Trinajstić information content (AvgIpc) is 2.20. The van der Waals surface area contributed by atoms with E-state index in [0.717, 1.165) is 0 Å². The van der Waals surface area contributed by atoms with Crippen molar-refractivity contribution in [3.05, 3.63) is 40.4 Å². The molecule has 0 aliphatic carbocycles. The van der Waals surface area contributed by atoms with Crippen molar-refractivity contribution in [3.8, 4) is 5.75 Å². The van der Waals surface area contributed by atoms with Crippen LogP contribution in [0.15, 0.2) is 40.0 Å². The molecule has 80 valence electrons. The van der Waals surface area contributed by atoms with Crippen LogP contribution in [0.5, 0.6) is 5.75 Å². The SMILES string of the molecule is ON=Cc1ccccc1OCC=C(Cl)Cl. The molecule has 1 aromatic carbocycles. The van der Waals surface area contributed by atoms with E-state index in [0.29, 0.717) is 11.3 Å². The van der Waals surface area contributed by atoms with Gasteiger partial charge in [0.05, 0.1) is 6.21 Å². The molecule has 0 heterocycles. The molecule has 0 saturated heterocycles. The van der Waals surface area contributed by atoms with E-state index in [1.54, 1.807) is 12.1 Å². The Bertz CT molecular complexity index is 373. The number of rotatable bonds is 4. The van der Waals surface area contributed by atoms with Crippen LogP contribution in [-0.2, 0) is 0 Å². The third kappa shape index (κ3) is 4.23. The van der Waals surface area contributed by atoms with Gasteiger partial charge in [0.25, 0.3) is 0 Å². The van der Waals surface area contributed by atoms with E-state index in [1.165, 1.54) is 12.3 Å². The molecule has 1 aromatic rings. The maximum absolute atomic E-state index is 8.42. The van der Waals surface area contributed by atoms with Crippen molar-refractivity contribution in [2.45, 2.75) is 0 Å². The largest absolute Gasteiger partial charge is 0.489 e. The monoisotopic (exact) mass is 245 g/mol. The molecule has 0 aliphatic rings. The van der Waals surface area contributed by atoms with Gasteiger partial charge in [0.1, 0.15) is 16.8 Å². The third-order valence-corrected chi connectivity index (χ3v) is 1.90. The summed E-state index contributed by atoms with van der Waals surface area (Å²) in [4.78, 5) is 0. The summed E-state index contributed by atoms with van der Waals surface area (Å²) < 4.78 is 5.51. The standard InChI is InChI=1S/C10H9Cl2NO2/c11-10(12)5-6-15-9-4-2-1-3-8(9)7-13-14/h1-5,7,14H,6H2. The molecule has 0 unspecified atom stereocenters. The second-order valence-electron chi connectivity index (χ2n) is 2.59. The van der Waals surface area contributed by atoms with Gasteiger partial charge in [0.2, 0.25) is 0 Å². The molecular weight excluding hydrogens is 237 g/mol. The number of oxime groups is 1. The first-order valence-corrected chi connectivity index (χ1v) is 4.90. The Kier molecular flexibility index (Phi) is 5.01. The van der Waals surface area contributed by atoms with Crippen LogP contribution in [0, 0.1) is 0 Å². The molecule has 0 saturated carbocycles. The summed E-state index contributed by atoms with van der Waals surface area (Å²) in [5.41, 5.74) is 0.680. The molecule has 0 radical (unpaired) electrons. The maximum Gasteiger partial charge on any atom is 0.128 e. The summed E-state index contributed by atoms with van der Waals surface area (Å²) in [5.74, 6) is 0.598. The highest BCUT2D eigenvalue weighted by molar-refractivity contribution is 6.55. The van der Waals surface area contributed by atoms with Crippen LogP contribution in [0.25, 0.3) is 0 Å². The fraction of sp³-hybridized carbons (Fsp3) is 0.100. The first-order valence-electron chi connectivity index (χ1n) is 4.14. The predicted molar refractivity (Wildman–Crippen MR) is 61.1 cm³/mol. The van der Waals surface area contributed by atoms with E-state index >= 15 is 0 Å². The van der Waals surface area contributed by atoms with Gasteiger partial charge in [0.15, 0.2) is 0 Å². The topological polar surface area (TPSA) is 41.8 Å². The molecular formula is C10H9Cl2NO2. The Labute approximate surface area is 97.6 Å². The number of para-hydroxylation sites is 1.